The molecule has 0 unspecified atom stereocenters. The molecule has 28 heavy (non-hydrogen) atoms. The van der Waals surface area contributed by atoms with E-state index in [-0.39, 0.29) is 5.91 Å². The second-order valence-electron chi connectivity index (χ2n) is 6.33. The third-order valence-corrected chi connectivity index (χ3v) is 5.58. The van der Waals surface area contributed by atoms with Gasteiger partial charge in [0, 0.05) is 32.3 Å². The number of halogens is 1. The highest BCUT2D eigenvalue weighted by atomic mass is 35.5. The number of thiazole rings is 1. The van der Waals surface area contributed by atoms with Gasteiger partial charge in [-0.2, -0.15) is 0 Å². The minimum absolute atomic E-state index is 0.188. The predicted molar refractivity (Wildman–Crippen MR) is 117 cm³/mol. The van der Waals surface area contributed by atoms with Crippen LogP contribution in [-0.2, 0) is 0 Å². The second kappa shape index (κ2) is 7.97. The minimum atomic E-state index is -0.188. The van der Waals surface area contributed by atoms with Gasteiger partial charge in [0.2, 0.25) is 0 Å². The maximum atomic E-state index is 12.4. The lowest BCUT2D eigenvalue weighted by atomic mass is 10.1. The molecule has 5 heteroatoms. The molecule has 3 nitrogen and oxygen atoms in total. The van der Waals surface area contributed by atoms with Crippen molar-refractivity contribution in [3.63, 3.8) is 0 Å². The number of amides is 1. The Bertz CT molecular complexity index is 1120. The number of anilines is 1. The Kier molecular flexibility index (Phi) is 5.24. The number of aromatic nitrogens is 1. The summed E-state index contributed by atoms with van der Waals surface area (Å²) >= 11 is 7.64. The topological polar surface area (TPSA) is 42.0 Å². The van der Waals surface area contributed by atoms with Crippen molar-refractivity contribution in [3.8, 4) is 21.8 Å². The summed E-state index contributed by atoms with van der Waals surface area (Å²) in [5, 5.41) is 4.44. The average Bonchev–Trinajstić information content (AvgIpc) is 3.11. The molecule has 0 aliphatic heterocycles. The summed E-state index contributed by atoms with van der Waals surface area (Å²) in [5.74, 6) is -0.188. The summed E-state index contributed by atoms with van der Waals surface area (Å²) in [6.07, 6.45) is 0. The van der Waals surface area contributed by atoms with Gasteiger partial charge in [-0.05, 0) is 37.3 Å². The van der Waals surface area contributed by atoms with E-state index in [1.165, 1.54) is 0 Å². The quantitative estimate of drug-likeness (QED) is 0.411. The van der Waals surface area contributed by atoms with Crippen molar-refractivity contribution < 1.29 is 4.79 Å². The molecule has 4 rings (SSSR count). The first-order valence-electron chi connectivity index (χ1n) is 8.80. The van der Waals surface area contributed by atoms with Crippen molar-refractivity contribution in [2.45, 2.75) is 6.92 Å². The summed E-state index contributed by atoms with van der Waals surface area (Å²) in [4.78, 5) is 18.3. The number of benzene rings is 3. The van der Waals surface area contributed by atoms with Crippen molar-refractivity contribution in [1.82, 2.24) is 4.98 Å². The van der Waals surface area contributed by atoms with E-state index in [1.807, 2.05) is 42.5 Å². The minimum Gasteiger partial charge on any atom is -0.322 e. The first-order valence-corrected chi connectivity index (χ1v) is 10.00. The van der Waals surface area contributed by atoms with Gasteiger partial charge in [-0.1, -0.05) is 60.1 Å². The number of hydrogen-bond donors (Lipinski definition) is 1. The molecule has 0 spiro atoms. The van der Waals surface area contributed by atoms with E-state index in [0.717, 1.165) is 32.4 Å². The second-order valence-corrected chi connectivity index (χ2v) is 7.97. The van der Waals surface area contributed by atoms with Crippen LogP contribution < -0.4 is 5.32 Å². The van der Waals surface area contributed by atoms with E-state index < -0.39 is 0 Å². The van der Waals surface area contributed by atoms with Crippen molar-refractivity contribution >= 4 is 34.5 Å². The fraction of sp³-hybridized carbons (Fsp3) is 0.0435. The standard InChI is InChI=1S/C23H17ClN2OS/c1-15-21(26-23(28-15)17-6-3-2-4-7-17)16-10-12-20(13-11-16)25-22(27)18-8-5-9-19(24)14-18/h2-14H,1H3,(H,25,27). The summed E-state index contributed by atoms with van der Waals surface area (Å²) in [7, 11) is 0. The fourth-order valence-electron chi connectivity index (χ4n) is 2.91. The van der Waals surface area contributed by atoms with E-state index >= 15 is 0 Å². The third kappa shape index (κ3) is 3.98. The van der Waals surface area contributed by atoms with Gasteiger partial charge in [-0.25, -0.2) is 4.98 Å². The molecule has 0 atom stereocenters. The van der Waals surface area contributed by atoms with Gasteiger partial charge in [-0.3, -0.25) is 4.79 Å². The van der Waals surface area contributed by atoms with E-state index in [9.17, 15) is 4.79 Å². The van der Waals surface area contributed by atoms with Crippen LogP contribution in [0.2, 0.25) is 5.02 Å². The van der Waals surface area contributed by atoms with Crippen LogP contribution in [0.25, 0.3) is 21.8 Å². The molecule has 1 N–H and O–H groups in total. The summed E-state index contributed by atoms with van der Waals surface area (Å²) in [5.41, 5.74) is 4.37. The zero-order valence-corrected chi connectivity index (χ0v) is 16.7. The van der Waals surface area contributed by atoms with E-state index in [0.29, 0.717) is 10.6 Å². The van der Waals surface area contributed by atoms with Crippen LogP contribution in [-0.4, -0.2) is 10.9 Å². The summed E-state index contributed by atoms with van der Waals surface area (Å²) in [6, 6.07) is 24.8. The zero-order valence-electron chi connectivity index (χ0n) is 15.1. The lowest BCUT2D eigenvalue weighted by molar-refractivity contribution is 0.102. The van der Waals surface area contributed by atoms with Gasteiger partial charge in [0.1, 0.15) is 5.01 Å². The zero-order chi connectivity index (χ0) is 19.5. The molecule has 0 bridgehead atoms. The number of rotatable bonds is 4. The Hall–Kier alpha value is -2.95. The molecule has 138 valence electrons. The van der Waals surface area contributed by atoms with Gasteiger partial charge in [0.25, 0.3) is 5.91 Å². The first-order chi connectivity index (χ1) is 13.6. The molecular formula is C23H17ClN2OS. The highest BCUT2D eigenvalue weighted by Gasteiger charge is 2.12. The van der Waals surface area contributed by atoms with Gasteiger partial charge < -0.3 is 5.32 Å². The van der Waals surface area contributed by atoms with E-state index in [1.54, 1.807) is 35.6 Å². The third-order valence-electron chi connectivity index (χ3n) is 4.32. The van der Waals surface area contributed by atoms with Crippen molar-refractivity contribution in [2.75, 3.05) is 5.32 Å². The number of aryl methyl sites for hydroxylation is 1. The van der Waals surface area contributed by atoms with Crippen LogP contribution in [0.5, 0.6) is 0 Å². The van der Waals surface area contributed by atoms with E-state index in [4.69, 9.17) is 16.6 Å². The van der Waals surface area contributed by atoms with Crippen molar-refractivity contribution in [1.29, 1.82) is 0 Å². The van der Waals surface area contributed by atoms with Gasteiger partial charge in [-0.15, -0.1) is 11.3 Å². The molecule has 1 aromatic heterocycles. The summed E-state index contributed by atoms with van der Waals surface area (Å²) in [6.45, 7) is 2.08. The van der Waals surface area contributed by atoms with Crippen LogP contribution in [0.1, 0.15) is 15.2 Å². The Balaban J connectivity index is 1.54. The number of nitrogens with zero attached hydrogens (tertiary/aromatic N) is 1. The monoisotopic (exact) mass is 404 g/mol. The molecule has 1 amide bonds. The molecule has 1 heterocycles. The molecule has 4 aromatic rings. The fourth-order valence-corrected chi connectivity index (χ4v) is 4.04. The highest BCUT2D eigenvalue weighted by molar-refractivity contribution is 7.15. The Morgan fingerprint density at radius 1 is 0.929 bits per heavy atom. The van der Waals surface area contributed by atoms with E-state index in [2.05, 4.69) is 24.4 Å². The van der Waals surface area contributed by atoms with Crippen LogP contribution in [0.15, 0.2) is 78.9 Å². The maximum absolute atomic E-state index is 12.4. The Morgan fingerprint density at radius 2 is 1.68 bits per heavy atom. The number of nitrogens with one attached hydrogen (secondary N) is 1. The van der Waals surface area contributed by atoms with Gasteiger partial charge in [0.05, 0.1) is 5.69 Å². The summed E-state index contributed by atoms with van der Waals surface area (Å²) < 4.78 is 0. The number of carbonyl (C=O) groups excluding carboxylic acids is 1. The van der Waals surface area contributed by atoms with Crippen molar-refractivity contribution in [3.05, 3.63) is 94.3 Å². The van der Waals surface area contributed by atoms with Crippen molar-refractivity contribution in [2.24, 2.45) is 0 Å². The lowest BCUT2D eigenvalue weighted by Crippen LogP contribution is -2.11. The SMILES string of the molecule is Cc1sc(-c2ccccc2)nc1-c1ccc(NC(=O)c2cccc(Cl)c2)cc1. The first kappa shape index (κ1) is 18.4. The van der Waals surface area contributed by atoms with Crippen LogP contribution in [0, 0.1) is 6.92 Å². The molecule has 3 aromatic carbocycles. The lowest BCUT2D eigenvalue weighted by Gasteiger charge is -2.07. The Morgan fingerprint density at radius 3 is 2.39 bits per heavy atom. The molecule has 0 radical (unpaired) electrons. The van der Waals surface area contributed by atoms with Gasteiger partial charge >= 0.3 is 0 Å². The molecule has 0 fully saturated rings. The molecule has 0 saturated carbocycles. The molecular weight excluding hydrogens is 388 g/mol. The van der Waals surface area contributed by atoms with Crippen LogP contribution >= 0.6 is 22.9 Å². The smallest absolute Gasteiger partial charge is 0.255 e. The predicted octanol–water partition coefficient (Wildman–Crippen LogP) is 6.69. The normalized spacial score (nSPS) is 10.6. The molecule has 0 saturated heterocycles. The number of carbonyl (C=O) groups is 1. The molecule has 0 aliphatic rings. The highest BCUT2D eigenvalue weighted by Crippen LogP contribution is 2.33. The Labute approximate surface area is 172 Å². The average molecular weight is 405 g/mol. The van der Waals surface area contributed by atoms with Gasteiger partial charge in [0.15, 0.2) is 0 Å². The largest absolute Gasteiger partial charge is 0.322 e. The molecule has 0 aliphatic carbocycles. The van der Waals surface area contributed by atoms with Crippen LogP contribution in [0.4, 0.5) is 5.69 Å². The maximum Gasteiger partial charge on any atom is 0.255 e. The number of hydrogen-bond acceptors (Lipinski definition) is 3. The van der Waals surface area contributed by atoms with Crippen LogP contribution in [0.3, 0.4) is 0 Å².